The van der Waals surface area contributed by atoms with Crippen LogP contribution in [-0.2, 0) is 4.74 Å². The van der Waals surface area contributed by atoms with E-state index < -0.39 is 0 Å². The molecule has 0 fully saturated rings. The molecule has 0 aliphatic heterocycles. The summed E-state index contributed by atoms with van der Waals surface area (Å²) in [6, 6.07) is 7.40. The van der Waals surface area contributed by atoms with E-state index in [4.69, 9.17) is 16.3 Å². The normalized spacial score (nSPS) is 9.00. The summed E-state index contributed by atoms with van der Waals surface area (Å²) >= 11 is 5.81. The van der Waals surface area contributed by atoms with Crippen molar-refractivity contribution in [1.29, 1.82) is 0 Å². The Morgan fingerprint density at radius 1 is 1.57 bits per heavy atom. The van der Waals surface area contributed by atoms with Gasteiger partial charge < -0.3 is 4.74 Å². The minimum Gasteiger partial charge on any atom is -0.379 e. The highest BCUT2D eigenvalue weighted by Gasteiger charge is 1.89. The molecule has 0 bridgehead atoms. The van der Waals surface area contributed by atoms with Crippen molar-refractivity contribution in [1.82, 2.24) is 0 Å². The molecule has 0 spiro atoms. The van der Waals surface area contributed by atoms with E-state index in [0.717, 1.165) is 11.1 Å². The van der Waals surface area contributed by atoms with Gasteiger partial charge in [0.1, 0.15) is 0 Å². The monoisotopic (exact) mass is 206 g/mol. The highest BCUT2D eigenvalue weighted by Crippen LogP contribution is 2.09. The summed E-state index contributed by atoms with van der Waals surface area (Å²) in [6.45, 7) is 4.22. The Bertz CT molecular complexity index is 385. The fourth-order valence-electron chi connectivity index (χ4n) is 0.937. The lowest BCUT2D eigenvalue weighted by molar-refractivity contribution is 0.229. The van der Waals surface area contributed by atoms with Gasteiger partial charge in [-0.05, 0) is 18.2 Å². The molecule has 1 nitrogen and oxygen atoms in total. The summed E-state index contributed by atoms with van der Waals surface area (Å²) in [7, 11) is 1.62. The average molecular weight is 207 g/mol. The minimum atomic E-state index is 0.466. The standard InChI is InChI=1S/C12H11ClO/c1-10(9-14-2)6-7-11-4-3-5-12(13)8-11/h3-5,8H,1,9H2,2H3. The predicted octanol–water partition coefficient (Wildman–Crippen LogP) is 2.89. The fourth-order valence-corrected chi connectivity index (χ4v) is 1.13. The Morgan fingerprint density at radius 3 is 3.00 bits per heavy atom. The van der Waals surface area contributed by atoms with Crippen molar-refractivity contribution in [2.45, 2.75) is 0 Å². The van der Waals surface area contributed by atoms with E-state index in [9.17, 15) is 0 Å². The first-order chi connectivity index (χ1) is 6.72. The Labute approximate surface area is 89.3 Å². The second-order valence-corrected chi connectivity index (χ2v) is 3.23. The molecule has 2 heteroatoms. The summed E-state index contributed by atoms with van der Waals surface area (Å²) in [5, 5.41) is 0.689. The summed E-state index contributed by atoms with van der Waals surface area (Å²) in [5.41, 5.74) is 1.64. The molecule has 0 aliphatic carbocycles. The van der Waals surface area contributed by atoms with Crippen molar-refractivity contribution >= 4 is 11.6 Å². The second-order valence-electron chi connectivity index (χ2n) is 2.80. The van der Waals surface area contributed by atoms with E-state index in [1.807, 2.05) is 24.3 Å². The molecule has 14 heavy (non-hydrogen) atoms. The molecule has 0 saturated carbocycles. The van der Waals surface area contributed by atoms with Crippen LogP contribution in [0.15, 0.2) is 36.4 Å². The van der Waals surface area contributed by atoms with E-state index in [1.165, 1.54) is 0 Å². The molecular formula is C12H11ClO. The molecule has 1 rings (SSSR count). The van der Waals surface area contributed by atoms with Crippen molar-refractivity contribution in [2.24, 2.45) is 0 Å². The third-order valence-electron chi connectivity index (χ3n) is 1.53. The van der Waals surface area contributed by atoms with Gasteiger partial charge in [-0.2, -0.15) is 0 Å². The quantitative estimate of drug-likeness (QED) is 0.677. The first-order valence-corrected chi connectivity index (χ1v) is 4.54. The molecule has 0 aliphatic rings. The molecule has 1 aromatic carbocycles. The largest absolute Gasteiger partial charge is 0.379 e. The molecule has 0 unspecified atom stereocenters. The molecule has 0 heterocycles. The molecule has 0 saturated heterocycles. The summed E-state index contributed by atoms with van der Waals surface area (Å²) < 4.78 is 4.89. The van der Waals surface area contributed by atoms with E-state index in [2.05, 4.69) is 18.4 Å². The van der Waals surface area contributed by atoms with Gasteiger partial charge in [-0.15, -0.1) is 0 Å². The molecule has 0 N–H and O–H groups in total. The van der Waals surface area contributed by atoms with E-state index in [-0.39, 0.29) is 0 Å². The van der Waals surface area contributed by atoms with Crippen LogP contribution < -0.4 is 0 Å². The number of rotatable bonds is 2. The third kappa shape index (κ3) is 3.66. The zero-order valence-corrected chi connectivity index (χ0v) is 8.77. The summed E-state index contributed by atoms with van der Waals surface area (Å²) in [6.07, 6.45) is 0. The smallest absolute Gasteiger partial charge is 0.0785 e. The number of hydrogen-bond acceptors (Lipinski definition) is 1. The van der Waals surface area contributed by atoms with Crippen LogP contribution in [0, 0.1) is 11.8 Å². The number of hydrogen-bond donors (Lipinski definition) is 0. The maximum absolute atomic E-state index is 5.81. The topological polar surface area (TPSA) is 9.23 Å². The van der Waals surface area contributed by atoms with Gasteiger partial charge >= 0.3 is 0 Å². The van der Waals surface area contributed by atoms with Gasteiger partial charge in [0.15, 0.2) is 0 Å². The van der Waals surface area contributed by atoms with Crippen LogP contribution in [0.2, 0.25) is 5.02 Å². The maximum Gasteiger partial charge on any atom is 0.0785 e. The predicted molar refractivity (Wildman–Crippen MR) is 59.3 cm³/mol. The lowest BCUT2D eigenvalue weighted by Gasteiger charge is -1.93. The van der Waals surface area contributed by atoms with Crippen molar-refractivity contribution in [3.63, 3.8) is 0 Å². The molecule has 0 atom stereocenters. The first kappa shape index (κ1) is 10.8. The van der Waals surface area contributed by atoms with Gasteiger partial charge in [0.25, 0.3) is 0 Å². The van der Waals surface area contributed by atoms with Crippen LogP contribution in [0.5, 0.6) is 0 Å². The van der Waals surface area contributed by atoms with Gasteiger partial charge in [0.2, 0.25) is 0 Å². The Hall–Kier alpha value is -1.23. The highest BCUT2D eigenvalue weighted by atomic mass is 35.5. The van der Waals surface area contributed by atoms with Crippen molar-refractivity contribution in [3.05, 3.63) is 47.0 Å². The fraction of sp³-hybridized carbons (Fsp3) is 0.167. The lowest BCUT2D eigenvalue weighted by Crippen LogP contribution is -1.89. The molecule has 1 aromatic rings. The molecule has 0 amide bonds. The van der Waals surface area contributed by atoms with Gasteiger partial charge in [-0.1, -0.05) is 36.1 Å². The van der Waals surface area contributed by atoms with Crippen LogP contribution in [0.4, 0.5) is 0 Å². The van der Waals surface area contributed by atoms with Crippen LogP contribution in [-0.4, -0.2) is 13.7 Å². The Balaban J connectivity index is 2.72. The van der Waals surface area contributed by atoms with Gasteiger partial charge in [0, 0.05) is 23.3 Å². The average Bonchev–Trinajstić information content (AvgIpc) is 2.15. The SMILES string of the molecule is C=C(C#Cc1cccc(Cl)c1)COC. The van der Waals surface area contributed by atoms with Gasteiger partial charge in [0.05, 0.1) is 6.61 Å². The van der Waals surface area contributed by atoms with E-state index in [1.54, 1.807) is 7.11 Å². The highest BCUT2D eigenvalue weighted by molar-refractivity contribution is 6.30. The zero-order chi connectivity index (χ0) is 10.4. The van der Waals surface area contributed by atoms with Crippen LogP contribution in [0.1, 0.15) is 5.56 Å². The molecule has 0 radical (unpaired) electrons. The van der Waals surface area contributed by atoms with Crippen LogP contribution in [0.3, 0.4) is 0 Å². The van der Waals surface area contributed by atoms with Gasteiger partial charge in [-0.3, -0.25) is 0 Å². The van der Waals surface area contributed by atoms with E-state index in [0.29, 0.717) is 11.6 Å². The van der Waals surface area contributed by atoms with Crippen LogP contribution >= 0.6 is 11.6 Å². The number of ether oxygens (including phenoxy) is 1. The van der Waals surface area contributed by atoms with E-state index >= 15 is 0 Å². The second kappa shape index (κ2) is 5.49. The number of halogens is 1. The summed E-state index contributed by atoms with van der Waals surface area (Å²) in [4.78, 5) is 0. The molecular weight excluding hydrogens is 196 g/mol. The van der Waals surface area contributed by atoms with Crippen LogP contribution in [0.25, 0.3) is 0 Å². The minimum absolute atomic E-state index is 0.466. The van der Waals surface area contributed by atoms with Gasteiger partial charge in [-0.25, -0.2) is 0 Å². The molecule has 72 valence electrons. The third-order valence-corrected chi connectivity index (χ3v) is 1.76. The Morgan fingerprint density at radius 2 is 2.36 bits per heavy atom. The summed E-state index contributed by atoms with van der Waals surface area (Å²) in [5.74, 6) is 5.86. The zero-order valence-electron chi connectivity index (χ0n) is 8.01. The van der Waals surface area contributed by atoms with Crippen molar-refractivity contribution in [2.75, 3.05) is 13.7 Å². The Kier molecular flexibility index (Phi) is 4.25. The number of benzene rings is 1. The molecule has 0 aromatic heterocycles. The van der Waals surface area contributed by atoms with Crippen molar-refractivity contribution < 1.29 is 4.74 Å². The first-order valence-electron chi connectivity index (χ1n) is 4.16. The lowest BCUT2D eigenvalue weighted by atomic mass is 10.2. The maximum atomic E-state index is 5.81. The van der Waals surface area contributed by atoms with Crippen molar-refractivity contribution in [3.8, 4) is 11.8 Å². The number of methoxy groups -OCH3 is 1.